The first-order valence-corrected chi connectivity index (χ1v) is 7.29. The molecule has 0 saturated carbocycles. The molecule has 0 aliphatic heterocycles. The van der Waals surface area contributed by atoms with Gasteiger partial charge in [-0.3, -0.25) is 0 Å². The van der Waals surface area contributed by atoms with Crippen molar-refractivity contribution in [2.75, 3.05) is 0 Å². The fourth-order valence-corrected chi connectivity index (χ4v) is 2.64. The maximum absolute atomic E-state index is 14.3. The number of rotatable bonds is 5. The molecule has 0 spiro atoms. The average Bonchev–Trinajstić information content (AvgIpc) is 2.52. The molecule has 0 rings (SSSR count). The summed E-state index contributed by atoms with van der Waals surface area (Å²) in [6.45, 7) is 0. The lowest BCUT2D eigenvalue weighted by atomic mass is 9.62. The molecule has 0 radical (unpaired) electrons. The van der Waals surface area contributed by atoms with E-state index in [1.807, 2.05) is 0 Å². The molecule has 0 amide bonds. The molecule has 0 heterocycles. The van der Waals surface area contributed by atoms with Crippen LogP contribution in [-0.2, 0) is 0 Å². The summed E-state index contributed by atoms with van der Waals surface area (Å²) < 4.78 is 313. The van der Waals surface area contributed by atoms with Crippen LogP contribution in [0.2, 0.25) is 0 Å². The molecule has 0 nitrogen and oxygen atoms in total. The molecule has 0 N–H and O–H groups in total. The highest BCUT2D eigenvalue weighted by molar-refractivity contribution is 5.41. The first kappa shape index (κ1) is 34.1. The second kappa shape index (κ2) is 8.28. The summed E-state index contributed by atoms with van der Waals surface area (Å²) in [5.74, 6) is -28.2. The van der Waals surface area contributed by atoms with Gasteiger partial charge in [0.1, 0.15) is 0 Å². The molecule has 0 fully saturated rings. The van der Waals surface area contributed by atoms with Gasteiger partial charge in [0, 0.05) is 0 Å². The van der Waals surface area contributed by atoms with E-state index < -0.39 is 71.4 Å². The number of alkyl halides is 22. The summed E-state index contributed by atoms with van der Waals surface area (Å²) in [7, 11) is 0. The molecule has 0 aromatic carbocycles. The zero-order valence-corrected chi connectivity index (χ0v) is 15.1. The van der Waals surface area contributed by atoms with Crippen molar-refractivity contribution in [2.45, 2.75) is 54.3 Å². The molecule has 0 aliphatic rings. The van der Waals surface area contributed by atoms with Crippen molar-refractivity contribution < 1.29 is 105 Å². The van der Waals surface area contributed by atoms with Crippen LogP contribution in [-0.4, -0.2) is 54.3 Å². The third-order valence-corrected chi connectivity index (χ3v) is 4.17. The second-order valence-corrected chi connectivity index (χ2v) is 6.26. The Kier molecular flexibility index (Phi) is 7.83. The van der Waals surface area contributed by atoms with Crippen LogP contribution in [0.25, 0.3) is 0 Å². The second-order valence-electron chi connectivity index (χ2n) is 6.26. The van der Waals surface area contributed by atoms with Crippen LogP contribution in [0.3, 0.4) is 0 Å². The maximum Gasteiger partial charge on any atom is 0.457 e. The Bertz CT molecular complexity index is 807. The molecule has 1 atom stereocenters. The molecule has 0 aromatic rings. The summed E-state index contributed by atoms with van der Waals surface area (Å²) in [4.78, 5) is 0. The van der Waals surface area contributed by atoms with Gasteiger partial charge in [0.15, 0.2) is 0 Å². The van der Waals surface area contributed by atoms with Gasteiger partial charge < -0.3 is 0 Å². The smallest absolute Gasteiger partial charge is 0.221 e. The Labute approximate surface area is 178 Å². The van der Waals surface area contributed by atoms with E-state index in [1.54, 1.807) is 0 Å². The first-order chi connectivity index (χ1) is 15.1. The van der Waals surface area contributed by atoms with Gasteiger partial charge in [-0.15, -0.1) is 0 Å². The van der Waals surface area contributed by atoms with Crippen LogP contribution in [0, 0.1) is 5.41 Å². The van der Waals surface area contributed by atoms with E-state index in [4.69, 9.17) is 0 Å². The summed E-state index contributed by atoms with van der Waals surface area (Å²) in [5.41, 5.74) is -26.3. The van der Waals surface area contributed by atoms with Crippen LogP contribution in [0.15, 0.2) is 11.7 Å². The number of halogens is 24. The van der Waals surface area contributed by atoms with E-state index in [2.05, 4.69) is 0 Å². The molecule has 36 heavy (non-hydrogen) atoms. The van der Waals surface area contributed by atoms with E-state index in [0.717, 1.165) is 0 Å². The van der Waals surface area contributed by atoms with Crippen molar-refractivity contribution in [3.8, 4) is 0 Å². The van der Waals surface area contributed by atoms with Crippen LogP contribution < -0.4 is 0 Å². The van der Waals surface area contributed by atoms with Gasteiger partial charge in [0.25, 0.3) is 6.08 Å². The molecule has 216 valence electrons. The molecule has 24 heteroatoms. The van der Waals surface area contributed by atoms with Gasteiger partial charge in [-0.25, -0.2) is 4.39 Å². The third kappa shape index (κ3) is 4.18. The number of hydrogen-bond donors (Lipinski definition) is 0. The highest BCUT2D eigenvalue weighted by Crippen LogP contribution is 2.74. The lowest BCUT2D eigenvalue weighted by Gasteiger charge is -2.50. The van der Waals surface area contributed by atoms with Crippen molar-refractivity contribution in [1.29, 1.82) is 0 Å². The Balaban J connectivity index is 9.03. The molecule has 0 bridgehead atoms. The Morgan fingerprint density at radius 1 is 0.306 bits per heavy atom. The quantitative estimate of drug-likeness (QED) is 0.278. The summed E-state index contributed by atoms with van der Waals surface area (Å²) in [6.07, 6.45) is -50.8. The highest BCUT2D eigenvalue weighted by atomic mass is 19.5. The topological polar surface area (TPSA) is 0 Å². The standard InChI is InChI=1S/C12F24/c13-2(14)1(4(15,9(25,26)27)7(20,21)12(34,35)36)3(8(22,23)24,5(16,17)10(28,29)30)6(18,19)11(31,32)33. The number of hydrogen-bond acceptors (Lipinski definition) is 0. The van der Waals surface area contributed by atoms with Gasteiger partial charge in [-0.05, 0) is 0 Å². The summed E-state index contributed by atoms with van der Waals surface area (Å²) >= 11 is 0. The van der Waals surface area contributed by atoms with Crippen molar-refractivity contribution >= 4 is 0 Å². The fourth-order valence-electron chi connectivity index (χ4n) is 2.64. The minimum absolute atomic E-state index is 6.25. The highest BCUT2D eigenvalue weighted by Gasteiger charge is 2.99. The zero-order valence-electron chi connectivity index (χ0n) is 15.1. The summed E-state index contributed by atoms with van der Waals surface area (Å²) in [5, 5.41) is 0. The minimum Gasteiger partial charge on any atom is -0.221 e. The van der Waals surface area contributed by atoms with E-state index in [1.165, 1.54) is 0 Å². The van der Waals surface area contributed by atoms with E-state index in [9.17, 15) is 105 Å². The Morgan fingerprint density at radius 2 is 0.556 bits per heavy atom. The van der Waals surface area contributed by atoms with Crippen molar-refractivity contribution in [2.24, 2.45) is 5.41 Å². The molecule has 0 aromatic heterocycles. The maximum atomic E-state index is 14.3. The lowest BCUT2D eigenvalue weighted by molar-refractivity contribution is -0.462. The Hall–Kier alpha value is -1.94. The van der Waals surface area contributed by atoms with Gasteiger partial charge in [-0.2, -0.15) is 101 Å². The predicted molar refractivity (Wildman–Crippen MR) is 60.6 cm³/mol. The molecule has 1 unspecified atom stereocenters. The van der Waals surface area contributed by atoms with Gasteiger partial charge in [0.05, 0.1) is 5.57 Å². The summed E-state index contributed by atoms with van der Waals surface area (Å²) in [6, 6.07) is 0. The average molecular weight is 600 g/mol. The van der Waals surface area contributed by atoms with Gasteiger partial charge in [0.2, 0.25) is 5.41 Å². The van der Waals surface area contributed by atoms with Crippen molar-refractivity contribution in [1.82, 2.24) is 0 Å². The van der Waals surface area contributed by atoms with E-state index in [0.29, 0.717) is 0 Å². The van der Waals surface area contributed by atoms with E-state index >= 15 is 0 Å². The fraction of sp³-hybridized carbons (Fsp3) is 0.833. The van der Waals surface area contributed by atoms with Gasteiger partial charge >= 0.3 is 54.3 Å². The van der Waals surface area contributed by atoms with Crippen LogP contribution in [0.1, 0.15) is 0 Å². The molecular weight excluding hydrogens is 600 g/mol. The molecule has 0 saturated heterocycles. The van der Waals surface area contributed by atoms with Crippen molar-refractivity contribution in [3.63, 3.8) is 0 Å². The monoisotopic (exact) mass is 600 g/mol. The van der Waals surface area contributed by atoms with Crippen LogP contribution >= 0.6 is 0 Å². The zero-order chi connectivity index (χ0) is 30.2. The normalized spacial score (nSPS) is 17.7. The van der Waals surface area contributed by atoms with Crippen LogP contribution in [0.5, 0.6) is 0 Å². The largest absolute Gasteiger partial charge is 0.457 e. The SMILES string of the molecule is FC(F)=C(C(F)(C(F)(F)F)C(F)(F)C(F)(F)F)C(C(F)(F)F)(C(F)(F)C(F)(F)F)C(F)(F)C(F)(F)F. The van der Waals surface area contributed by atoms with Crippen molar-refractivity contribution in [3.05, 3.63) is 11.7 Å². The third-order valence-electron chi connectivity index (χ3n) is 4.17. The minimum atomic E-state index is -9.86. The first-order valence-electron chi connectivity index (χ1n) is 7.29. The molecular formula is C12F24. The van der Waals surface area contributed by atoms with Gasteiger partial charge in [-0.1, -0.05) is 0 Å². The Morgan fingerprint density at radius 3 is 0.694 bits per heavy atom. The van der Waals surface area contributed by atoms with Crippen LogP contribution in [0.4, 0.5) is 105 Å². The lowest BCUT2D eigenvalue weighted by Crippen LogP contribution is -2.77. The van der Waals surface area contributed by atoms with E-state index in [-0.39, 0.29) is 0 Å². The number of allylic oxidation sites excluding steroid dienone is 1. The predicted octanol–water partition coefficient (Wildman–Crippen LogP) is 8.55. The molecule has 0 aliphatic carbocycles.